The number of pyridine rings is 1. The van der Waals surface area contributed by atoms with Crippen LogP contribution in [0.5, 0.6) is 0 Å². The number of ether oxygens (including phenoxy) is 1. The Morgan fingerprint density at radius 2 is 2.00 bits per heavy atom. The average molecular weight is 397 g/mol. The Kier molecular flexibility index (Phi) is 6.16. The maximum Gasteiger partial charge on any atom is 0.252 e. The van der Waals surface area contributed by atoms with Crippen LogP contribution >= 0.6 is 0 Å². The van der Waals surface area contributed by atoms with Gasteiger partial charge in [0.05, 0.1) is 11.7 Å². The van der Waals surface area contributed by atoms with Crippen molar-refractivity contribution in [3.63, 3.8) is 0 Å². The van der Waals surface area contributed by atoms with Crippen molar-refractivity contribution in [1.82, 2.24) is 19.9 Å². The first-order valence-corrected chi connectivity index (χ1v) is 10.1. The molecule has 2 saturated heterocycles. The predicted octanol–water partition coefficient (Wildman–Crippen LogP) is 0.884. The average Bonchev–Trinajstić information content (AvgIpc) is 3.27. The number of anilines is 2. The summed E-state index contributed by atoms with van der Waals surface area (Å²) in [6.45, 7) is 5.72. The number of carbonyl (C=O) groups is 1. The Morgan fingerprint density at radius 1 is 1.21 bits per heavy atom. The molecule has 1 amide bonds. The molecule has 0 radical (unpaired) electrons. The molecular formula is C20H27N7O2. The number of nitrogens with zero attached hydrogens (tertiary/aromatic N) is 5. The van der Waals surface area contributed by atoms with Crippen molar-refractivity contribution in [3.8, 4) is 0 Å². The van der Waals surface area contributed by atoms with E-state index in [9.17, 15) is 4.79 Å². The third kappa shape index (κ3) is 4.99. The van der Waals surface area contributed by atoms with E-state index in [-0.39, 0.29) is 6.10 Å². The van der Waals surface area contributed by atoms with E-state index in [1.807, 2.05) is 12.4 Å². The molecule has 0 aromatic carbocycles. The van der Waals surface area contributed by atoms with Gasteiger partial charge < -0.3 is 20.7 Å². The molecule has 4 rings (SSSR count). The SMILES string of the molecule is NC(=O)c1cccnc1N1CCN(Cc2cnc(NCC3CCCO3)nc2)CC1. The summed E-state index contributed by atoms with van der Waals surface area (Å²) in [5.41, 5.74) is 7.03. The summed E-state index contributed by atoms with van der Waals surface area (Å²) in [4.78, 5) is 29.3. The van der Waals surface area contributed by atoms with Crippen LogP contribution in [-0.2, 0) is 11.3 Å². The lowest BCUT2D eigenvalue weighted by Crippen LogP contribution is -2.46. The van der Waals surface area contributed by atoms with Gasteiger partial charge in [-0.2, -0.15) is 0 Å². The minimum absolute atomic E-state index is 0.267. The van der Waals surface area contributed by atoms with Crippen LogP contribution in [0.25, 0.3) is 0 Å². The number of rotatable bonds is 7. The van der Waals surface area contributed by atoms with Gasteiger partial charge in [0.2, 0.25) is 5.95 Å². The highest BCUT2D eigenvalue weighted by molar-refractivity contribution is 5.97. The van der Waals surface area contributed by atoms with Crippen LogP contribution in [-0.4, -0.2) is 71.2 Å². The first kappa shape index (κ1) is 19.5. The summed E-state index contributed by atoms with van der Waals surface area (Å²) < 4.78 is 5.60. The van der Waals surface area contributed by atoms with Gasteiger partial charge in [-0.15, -0.1) is 0 Å². The van der Waals surface area contributed by atoms with E-state index in [4.69, 9.17) is 10.5 Å². The van der Waals surface area contributed by atoms with Crippen molar-refractivity contribution in [2.45, 2.75) is 25.5 Å². The molecule has 154 valence electrons. The fourth-order valence-electron chi connectivity index (χ4n) is 3.76. The monoisotopic (exact) mass is 397 g/mol. The summed E-state index contributed by atoms with van der Waals surface area (Å²) in [5, 5.41) is 3.24. The Bertz CT molecular complexity index is 816. The van der Waals surface area contributed by atoms with Crippen molar-refractivity contribution < 1.29 is 9.53 Å². The third-order valence-electron chi connectivity index (χ3n) is 5.35. The van der Waals surface area contributed by atoms with Gasteiger partial charge in [0, 0.05) is 70.0 Å². The van der Waals surface area contributed by atoms with Crippen molar-refractivity contribution in [2.24, 2.45) is 5.73 Å². The number of hydrogen-bond acceptors (Lipinski definition) is 8. The zero-order chi connectivity index (χ0) is 20.1. The molecule has 4 heterocycles. The fraction of sp³-hybridized carbons (Fsp3) is 0.500. The molecule has 0 saturated carbocycles. The normalized spacial score (nSPS) is 20.0. The Hall–Kier alpha value is -2.78. The quantitative estimate of drug-likeness (QED) is 0.709. The summed E-state index contributed by atoms with van der Waals surface area (Å²) >= 11 is 0. The van der Waals surface area contributed by atoms with E-state index >= 15 is 0 Å². The van der Waals surface area contributed by atoms with Gasteiger partial charge in [-0.3, -0.25) is 9.69 Å². The highest BCUT2D eigenvalue weighted by Crippen LogP contribution is 2.19. The summed E-state index contributed by atoms with van der Waals surface area (Å²) in [7, 11) is 0. The zero-order valence-electron chi connectivity index (χ0n) is 16.5. The van der Waals surface area contributed by atoms with Crippen LogP contribution in [0.3, 0.4) is 0 Å². The third-order valence-corrected chi connectivity index (χ3v) is 5.35. The molecule has 3 N–H and O–H groups in total. The van der Waals surface area contributed by atoms with Gasteiger partial charge in [-0.1, -0.05) is 0 Å². The molecule has 9 nitrogen and oxygen atoms in total. The van der Waals surface area contributed by atoms with Gasteiger partial charge >= 0.3 is 0 Å². The van der Waals surface area contributed by atoms with E-state index in [1.54, 1.807) is 18.3 Å². The lowest BCUT2D eigenvalue weighted by atomic mass is 10.2. The van der Waals surface area contributed by atoms with Gasteiger partial charge in [0.1, 0.15) is 5.82 Å². The molecule has 2 fully saturated rings. The number of nitrogens with one attached hydrogen (secondary N) is 1. The summed E-state index contributed by atoms with van der Waals surface area (Å²) in [5.74, 6) is 0.869. The lowest BCUT2D eigenvalue weighted by molar-refractivity contribution is 0.1000. The Labute approximate surface area is 170 Å². The van der Waals surface area contributed by atoms with E-state index in [0.717, 1.165) is 64.3 Å². The topological polar surface area (TPSA) is 110 Å². The van der Waals surface area contributed by atoms with Crippen LogP contribution in [0.15, 0.2) is 30.7 Å². The first-order chi connectivity index (χ1) is 14.2. The number of carbonyl (C=O) groups excluding carboxylic acids is 1. The molecule has 29 heavy (non-hydrogen) atoms. The van der Waals surface area contributed by atoms with E-state index in [2.05, 4.69) is 30.1 Å². The van der Waals surface area contributed by atoms with Gasteiger partial charge in [-0.05, 0) is 25.0 Å². The highest BCUT2D eigenvalue weighted by atomic mass is 16.5. The van der Waals surface area contributed by atoms with Crippen LogP contribution in [0.4, 0.5) is 11.8 Å². The van der Waals surface area contributed by atoms with E-state index in [1.165, 1.54) is 0 Å². The predicted molar refractivity (Wildman–Crippen MR) is 110 cm³/mol. The molecule has 2 aromatic heterocycles. The molecule has 1 unspecified atom stereocenters. The van der Waals surface area contributed by atoms with Crippen molar-refractivity contribution >= 4 is 17.7 Å². The second kappa shape index (κ2) is 9.15. The molecule has 2 aromatic rings. The Morgan fingerprint density at radius 3 is 2.69 bits per heavy atom. The second-order valence-electron chi connectivity index (χ2n) is 7.43. The van der Waals surface area contributed by atoms with Crippen molar-refractivity contribution in [2.75, 3.05) is 49.5 Å². The number of piperazine rings is 1. The van der Waals surface area contributed by atoms with E-state index in [0.29, 0.717) is 17.3 Å². The molecule has 0 spiro atoms. The number of primary amides is 1. The maximum absolute atomic E-state index is 11.6. The zero-order valence-corrected chi connectivity index (χ0v) is 16.5. The maximum atomic E-state index is 11.6. The van der Waals surface area contributed by atoms with Crippen LogP contribution in [0, 0.1) is 0 Å². The van der Waals surface area contributed by atoms with Gasteiger partial charge in [-0.25, -0.2) is 15.0 Å². The van der Waals surface area contributed by atoms with Crippen LogP contribution in [0.2, 0.25) is 0 Å². The summed E-state index contributed by atoms with van der Waals surface area (Å²) in [6.07, 6.45) is 7.94. The summed E-state index contributed by atoms with van der Waals surface area (Å²) in [6, 6.07) is 3.46. The fourth-order valence-corrected chi connectivity index (χ4v) is 3.76. The molecule has 2 aliphatic heterocycles. The van der Waals surface area contributed by atoms with Crippen LogP contribution in [0.1, 0.15) is 28.8 Å². The van der Waals surface area contributed by atoms with Crippen molar-refractivity contribution in [1.29, 1.82) is 0 Å². The van der Waals surface area contributed by atoms with Crippen molar-refractivity contribution in [3.05, 3.63) is 41.9 Å². The number of hydrogen-bond donors (Lipinski definition) is 2. The number of aromatic nitrogens is 3. The smallest absolute Gasteiger partial charge is 0.252 e. The Balaban J connectivity index is 1.27. The molecule has 2 aliphatic rings. The highest BCUT2D eigenvalue weighted by Gasteiger charge is 2.22. The molecule has 9 heteroatoms. The minimum atomic E-state index is -0.444. The largest absolute Gasteiger partial charge is 0.376 e. The molecule has 1 atom stereocenters. The molecule has 0 aliphatic carbocycles. The molecule has 0 bridgehead atoms. The standard InChI is InChI=1S/C20H27N7O2/c21-18(28)17-4-1-5-22-19(17)27-8-6-26(7-9-27)14-15-11-23-20(24-12-15)25-13-16-3-2-10-29-16/h1,4-5,11-12,16H,2-3,6-10,13-14H2,(H2,21,28)(H,23,24,25). The van der Waals surface area contributed by atoms with E-state index < -0.39 is 5.91 Å². The first-order valence-electron chi connectivity index (χ1n) is 10.1. The minimum Gasteiger partial charge on any atom is -0.376 e. The number of nitrogens with two attached hydrogens (primary N) is 1. The number of amides is 1. The van der Waals surface area contributed by atoms with Gasteiger partial charge in [0.25, 0.3) is 5.91 Å². The van der Waals surface area contributed by atoms with Gasteiger partial charge in [0.15, 0.2) is 0 Å². The molecular weight excluding hydrogens is 370 g/mol. The second-order valence-corrected chi connectivity index (χ2v) is 7.43. The lowest BCUT2D eigenvalue weighted by Gasteiger charge is -2.35. The van der Waals surface area contributed by atoms with Crippen LogP contribution < -0.4 is 16.0 Å².